The van der Waals surface area contributed by atoms with Crippen molar-refractivity contribution in [2.45, 2.75) is 13.1 Å². The molecule has 0 bridgehead atoms. The van der Waals surface area contributed by atoms with Gasteiger partial charge in [-0.2, -0.15) is 0 Å². The highest BCUT2D eigenvalue weighted by atomic mass is 16.5. The lowest BCUT2D eigenvalue weighted by molar-refractivity contribution is 0.408. The molecule has 0 fully saturated rings. The van der Waals surface area contributed by atoms with Gasteiger partial charge in [0.05, 0.1) is 13.3 Å². The summed E-state index contributed by atoms with van der Waals surface area (Å²) in [5, 5.41) is 3.24. The number of aromatic nitrogens is 1. The zero-order chi connectivity index (χ0) is 7.68. The lowest BCUT2D eigenvalue weighted by atomic mass is 10.2. The van der Waals surface area contributed by atoms with Gasteiger partial charge in [0.1, 0.15) is 5.75 Å². The summed E-state index contributed by atoms with van der Waals surface area (Å²) in [7, 11) is 1.68. The molecule has 1 aliphatic rings. The van der Waals surface area contributed by atoms with Crippen molar-refractivity contribution < 1.29 is 4.74 Å². The fourth-order valence-corrected chi connectivity index (χ4v) is 1.36. The number of hydrogen-bond donors (Lipinski definition) is 1. The number of fused-ring (bicyclic) bond motifs is 1. The van der Waals surface area contributed by atoms with Gasteiger partial charge in [0, 0.05) is 24.8 Å². The Bertz CT molecular complexity index is 273. The van der Waals surface area contributed by atoms with Crippen molar-refractivity contribution in [1.29, 1.82) is 0 Å². The average Bonchev–Trinajstić information content (AvgIpc) is 2.50. The molecule has 3 nitrogen and oxygen atoms in total. The molecule has 0 aliphatic carbocycles. The zero-order valence-electron chi connectivity index (χ0n) is 6.42. The molecule has 11 heavy (non-hydrogen) atoms. The van der Waals surface area contributed by atoms with Crippen LogP contribution in [-0.4, -0.2) is 12.1 Å². The first-order valence-electron chi connectivity index (χ1n) is 3.62. The number of pyridine rings is 1. The van der Waals surface area contributed by atoms with Crippen molar-refractivity contribution in [3.8, 4) is 5.75 Å². The van der Waals surface area contributed by atoms with E-state index >= 15 is 0 Å². The van der Waals surface area contributed by atoms with Crippen LogP contribution in [-0.2, 0) is 13.1 Å². The van der Waals surface area contributed by atoms with Crippen molar-refractivity contribution in [1.82, 2.24) is 10.3 Å². The van der Waals surface area contributed by atoms with E-state index in [1.165, 1.54) is 11.1 Å². The second-order valence-electron chi connectivity index (χ2n) is 2.58. The number of nitrogens with zero attached hydrogens (tertiary/aromatic N) is 1. The Balaban J connectivity index is 2.50. The number of methoxy groups -OCH3 is 1. The van der Waals surface area contributed by atoms with Crippen LogP contribution < -0.4 is 10.1 Å². The summed E-state index contributed by atoms with van der Waals surface area (Å²) in [4.78, 5) is 4.06. The van der Waals surface area contributed by atoms with Crippen LogP contribution in [0.4, 0.5) is 0 Å². The molecule has 1 N–H and O–H groups in total. The average molecular weight is 150 g/mol. The second-order valence-corrected chi connectivity index (χ2v) is 2.58. The van der Waals surface area contributed by atoms with Gasteiger partial charge < -0.3 is 10.1 Å². The molecule has 0 spiro atoms. The summed E-state index contributed by atoms with van der Waals surface area (Å²) in [6.07, 6.45) is 3.64. The van der Waals surface area contributed by atoms with Crippen molar-refractivity contribution in [3.63, 3.8) is 0 Å². The Labute approximate surface area is 65.4 Å². The highest BCUT2D eigenvalue weighted by molar-refractivity contribution is 5.39. The number of nitrogens with one attached hydrogen (secondary N) is 1. The largest absolute Gasteiger partial charge is 0.495 e. The number of rotatable bonds is 1. The molecule has 3 heteroatoms. The van der Waals surface area contributed by atoms with Gasteiger partial charge in [-0.3, -0.25) is 4.98 Å². The van der Waals surface area contributed by atoms with Crippen molar-refractivity contribution in [2.24, 2.45) is 0 Å². The maximum absolute atomic E-state index is 5.15. The van der Waals surface area contributed by atoms with Crippen LogP contribution in [0.15, 0.2) is 12.4 Å². The number of hydrogen-bond acceptors (Lipinski definition) is 3. The lowest BCUT2D eigenvalue weighted by Gasteiger charge is -2.03. The van der Waals surface area contributed by atoms with Crippen LogP contribution in [0, 0.1) is 0 Å². The predicted octanol–water partition coefficient (Wildman–Crippen LogP) is 0.693. The Hall–Kier alpha value is -1.09. The van der Waals surface area contributed by atoms with Crippen molar-refractivity contribution >= 4 is 0 Å². The fraction of sp³-hybridized carbons (Fsp3) is 0.375. The Kier molecular flexibility index (Phi) is 1.51. The first kappa shape index (κ1) is 6.61. The molecule has 0 unspecified atom stereocenters. The van der Waals surface area contributed by atoms with E-state index < -0.39 is 0 Å². The van der Waals surface area contributed by atoms with E-state index in [4.69, 9.17) is 4.74 Å². The lowest BCUT2D eigenvalue weighted by Crippen LogP contribution is -2.00. The molecular weight excluding hydrogens is 140 g/mol. The van der Waals surface area contributed by atoms with Crippen LogP contribution in [0.3, 0.4) is 0 Å². The van der Waals surface area contributed by atoms with Gasteiger partial charge in [-0.15, -0.1) is 0 Å². The van der Waals surface area contributed by atoms with Gasteiger partial charge in [-0.25, -0.2) is 0 Å². The van der Waals surface area contributed by atoms with E-state index in [-0.39, 0.29) is 0 Å². The molecule has 1 aromatic heterocycles. The van der Waals surface area contributed by atoms with Gasteiger partial charge >= 0.3 is 0 Å². The first-order valence-corrected chi connectivity index (χ1v) is 3.62. The van der Waals surface area contributed by atoms with Gasteiger partial charge in [0.15, 0.2) is 0 Å². The van der Waals surface area contributed by atoms with Crippen LogP contribution in [0.25, 0.3) is 0 Å². The normalized spacial score (nSPS) is 14.6. The minimum absolute atomic E-state index is 0.896. The fourth-order valence-electron chi connectivity index (χ4n) is 1.36. The highest BCUT2D eigenvalue weighted by Crippen LogP contribution is 2.23. The molecule has 58 valence electrons. The Morgan fingerprint density at radius 3 is 3.18 bits per heavy atom. The Morgan fingerprint density at radius 1 is 1.45 bits per heavy atom. The third kappa shape index (κ3) is 0.973. The minimum atomic E-state index is 0.896. The second kappa shape index (κ2) is 2.51. The van der Waals surface area contributed by atoms with E-state index in [0.717, 1.165) is 18.8 Å². The maximum Gasteiger partial charge on any atom is 0.141 e. The molecule has 2 rings (SSSR count). The van der Waals surface area contributed by atoms with Gasteiger partial charge in [-0.05, 0) is 5.56 Å². The summed E-state index contributed by atoms with van der Waals surface area (Å²) in [6, 6.07) is 0. The quantitative estimate of drug-likeness (QED) is 0.639. The van der Waals surface area contributed by atoms with Gasteiger partial charge in [0.25, 0.3) is 0 Å². The van der Waals surface area contributed by atoms with E-state index in [0.29, 0.717) is 0 Å². The third-order valence-corrected chi connectivity index (χ3v) is 1.94. The van der Waals surface area contributed by atoms with E-state index in [9.17, 15) is 0 Å². The molecule has 1 aliphatic heterocycles. The minimum Gasteiger partial charge on any atom is -0.495 e. The first-order chi connectivity index (χ1) is 5.42. The molecule has 0 amide bonds. The van der Waals surface area contributed by atoms with Gasteiger partial charge in [-0.1, -0.05) is 0 Å². The molecule has 1 aromatic rings. The van der Waals surface area contributed by atoms with E-state index in [2.05, 4.69) is 10.3 Å². The third-order valence-electron chi connectivity index (χ3n) is 1.94. The summed E-state index contributed by atoms with van der Waals surface area (Å²) < 4.78 is 5.15. The van der Waals surface area contributed by atoms with E-state index in [1.807, 2.05) is 6.20 Å². The molecule has 0 atom stereocenters. The van der Waals surface area contributed by atoms with Gasteiger partial charge in [0.2, 0.25) is 0 Å². The highest BCUT2D eigenvalue weighted by Gasteiger charge is 2.14. The SMILES string of the molecule is COc1cncc2c1CNC2. The molecule has 2 heterocycles. The zero-order valence-corrected chi connectivity index (χ0v) is 6.42. The van der Waals surface area contributed by atoms with Crippen molar-refractivity contribution in [2.75, 3.05) is 7.11 Å². The smallest absolute Gasteiger partial charge is 0.141 e. The van der Waals surface area contributed by atoms with Crippen molar-refractivity contribution in [3.05, 3.63) is 23.5 Å². The van der Waals surface area contributed by atoms with E-state index in [1.54, 1.807) is 13.3 Å². The Morgan fingerprint density at radius 2 is 2.36 bits per heavy atom. The molecular formula is C8H10N2O. The molecule has 0 saturated heterocycles. The number of ether oxygens (including phenoxy) is 1. The maximum atomic E-state index is 5.15. The molecule has 0 saturated carbocycles. The van der Waals surface area contributed by atoms with Crippen LogP contribution in [0.1, 0.15) is 11.1 Å². The van der Waals surface area contributed by atoms with Crippen LogP contribution in [0.2, 0.25) is 0 Å². The standard InChI is InChI=1S/C8H10N2O/c1-11-8-5-10-3-6-2-9-4-7(6)8/h3,5,9H,2,4H2,1H3. The predicted molar refractivity (Wildman–Crippen MR) is 41.3 cm³/mol. The summed E-state index contributed by atoms with van der Waals surface area (Å²) >= 11 is 0. The van der Waals surface area contributed by atoms with Crippen LogP contribution >= 0.6 is 0 Å². The molecule has 0 radical (unpaired) electrons. The molecule has 0 aromatic carbocycles. The van der Waals surface area contributed by atoms with Crippen LogP contribution in [0.5, 0.6) is 5.75 Å². The summed E-state index contributed by atoms with van der Waals surface area (Å²) in [6.45, 7) is 1.82. The topological polar surface area (TPSA) is 34.1 Å². The summed E-state index contributed by atoms with van der Waals surface area (Å²) in [5.41, 5.74) is 2.51. The summed E-state index contributed by atoms with van der Waals surface area (Å²) in [5.74, 6) is 0.896. The monoisotopic (exact) mass is 150 g/mol.